The maximum absolute atomic E-state index is 12.5. The highest BCUT2D eigenvalue weighted by Gasteiger charge is 2.18. The van der Waals surface area contributed by atoms with E-state index in [2.05, 4.69) is 17.1 Å². The van der Waals surface area contributed by atoms with Crippen LogP contribution in [0.25, 0.3) is 0 Å². The summed E-state index contributed by atoms with van der Waals surface area (Å²) in [4.78, 5) is 25.5. The lowest BCUT2D eigenvalue weighted by Gasteiger charge is -2.30. The Kier molecular flexibility index (Phi) is 5.86. The van der Waals surface area contributed by atoms with Crippen LogP contribution < -0.4 is 5.32 Å². The van der Waals surface area contributed by atoms with E-state index in [0.717, 1.165) is 25.6 Å². The van der Waals surface area contributed by atoms with Crippen LogP contribution in [-0.2, 0) is 6.54 Å². The molecular weight excluding hydrogens is 342 g/mol. The molecule has 2 aromatic carbocycles. The van der Waals surface area contributed by atoms with Crippen molar-refractivity contribution in [1.82, 2.24) is 4.90 Å². The fourth-order valence-electron chi connectivity index (χ4n) is 3.44. The first-order chi connectivity index (χ1) is 12.9. The van der Waals surface area contributed by atoms with Crippen molar-refractivity contribution < 1.29 is 9.72 Å². The van der Waals surface area contributed by atoms with Crippen LogP contribution in [0.3, 0.4) is 0 Å². The van der Waals surface area contributed by atoms with Crippen molar-refractivity contribution >= 4 is 17.3 Å². The van der Waals surface area contributed by atoms with Gasteiger partial charge in [0.2, 0.25) is 0 Å². The Labute approximate surface area is 159 Å². The molecule has 1 fully saturated rings. The second-order valence-electron chi connectivity index (χ2n) is 7.32. The summed E-state index contributed by atoms with van der Waals surface area (Å²) >= 11 is 0. The van der Waals surface area contributed by atoms with Crippen LogP contribution in [0.15, 0.2) is 42.5 Å². The second kappa shape index (κ2) is 8.31. The van der Waals surface area contributed by atoms with Crippen molar-refractivity contribution in [2.45, 2.75) is 33.2 Å². The number of carbonyl (C=O) groups excluding carboxylic acids is 1. The number of hydrogen-bond donors (Lipinski definition) is 1. The fourth-order valence-corrected chi connectivity index (χ4v) is 3.44. The summed E-state index contributed by atoms with van der Waals surface area (Å²) < 4.78 is 0. The minimum absolute atomic E-state index is 0.0474. The first-order valence-electron chi connectivity index (χ1n) is 9.30. The van der Waals surface area contributed by atoms with Gasteiger partial charge in [-0.05, 0) is 62.5 Å². The predicted molar refractivity (Wildman–Crippen MR) is 106 cm³/mol. The molecule has 1 aliphatic rings. The highest BCUT2D eigenvalue weighted by Crippen LogP contribution is 2.23. The van der Waals surface area contributed by atoms with Crippen molar-refractivity contribution in [3.8, 4) is 0 Å². The van der Waals surface area contributed by atoms with Crippen molar-refractivity contribution in [1.29, 1.82) is 0 Å². The SMILES string of the molecule is Cc1c(C(=O)Nc2ccc(CN3CCC(C)CC3)cc2)cccc1[N+](=O)[O-]. The maximum Gasteiger partial charge on any atom is 0.273 e. The number of nitrogens with one attached hydrogen (secondary N) is 1. The number of hydrogen-bond acceptors (Lipinski definition) is 4. The van der Waals surface area contributed by atoms with Gasteiger partial charge in [-0.2, -0.15) is 0 Å². The van der Waals surface area contributed by atoms with Gasteiger partial charge in [0.1, 0.15) is 0 Å². The molecule has 6 heteroatoms. The Morgan fingerprint density at radius 1 is 1.19 bits per heavy atom. The monoisotopic (exact) mass is 367 g/mol. The van der Waals surface area contributed by atoms with Gasteiger partial charge in [-0.15, -0.1) is 0 Å². The van der Waals surface area contributed by atoms with E-state index < -0.39 is 4.92 Å². The van der Waals surface area contributed by atoms with Gasteiger partial charge < -0.3 is 5.32 Å². The first kappa shape index (κ1) is 19.0. The van der Waals surface area contributed by atoms with E-state index in [1.54, 1.807) is 13.0 Å². The number of piperidine rings is 1. The van der Waals surface area contributed by atoms with Gasteiger partial charge in [0.05, 0.1) is 4.92 Å². The van der Waals surface area contributed by atoms with Crippen LogP contribution in [0.4, 0.5) is 11.4 Å². The minimum atomic E-state index is -0.470. The van der Waals surface area contributed by atoms with Crippen molar-refractivity contribution in [2.75, 3.05) is 18.4 Å². The summed E-state index contributed by atoms with van der Waals surface area (Å²) in [7, 11) is 0. The zero-order valence-corrected chi connectivity index (χ0v) is 15.8. The number of nitrogens with zero attached hydrogens (tertiary/aromatic N) is 2. The molecule has 1 amide bonds. The molecule has 1 aliphatic heterocycles. The van der Waals surface area contributed by atoms with Crippen molar-refractivity contribution in [3.05, 3.63) is 69.3 Å². The maximum atomic E-state index is 12.5. The quantitative estimate of drug-likeness (QED) is 0.628. The summed E-state index contributed by atoms with van der Waals surface area (Å²) in [6, 6.07) is 12.3. The third kappa shape index (κ3) is 4.71. The minimum Gasteiger partial charge on any atom is -0.322 e. The van der Waals surface area contributed by atoms with E-state index in [-0.39, 0.29) is 11.6 Å². The van der Waals surface area contributed by atoms with Crippen LogP contribution in [0, 0.1) is 23.0 Å². The number of carbonyl (C=O) groups is 1. The molecular formula is C21H25N3O3. The molecule has 0 spiro atoms. The van der Waals surface area contributed by atoms with Gasteiger partial charge in [-0.25, -0.2) is 0 Å². The molecule has 0 saturated carbocycles. The Bertz CT molecular complexity index is 825. The average molecular weight is 367 g/mol. The van der Waals surface area contributed by atoms with E-state index >= 15 is 0 Å². The number of anilines is 1. The summed E-state index contributed by atoms with van der Waals surface area (Å²) in [5.74, 6) is 0.477. The normalized spacial score (nSPS) is 15.5. The molecule has 0 aliphatic carbocycles. The standard InChI is InChI=1S/C21H25N3O3/c1-15-10-12-23(13-11-15)14-17-6-8-18(9-7-17)22-21(25)19-4-3-5-20(16(19)2)24(26)27/h3-9,15H,10-14H2,1-2H3,(H,22,25). The Balaban J connectivity index is 1.64. The topological polar surface area (TPSA) is 75.5 Å². The van der Waals surface area contributed by atoms with Crippen LogP contribution in [-0.4, -0.2) is 28.8 Å². The molecule has 142 valence electrons. The zero-order chi connectivity index (χ0) is 19.4. The van der Waals surface area contributed by atoms with E-state index in [1.165, 1.54) is 30.5 Å². The number of nitro groups is 1. The molecule has 2 aromatic rings. The molecule has 1 heterocycles. The van der Waals surface area contributed by atoms with Gasteiger partial charge in [0.15, 0.2) is 0 Å². The predicted octanol–water partition coefficient (Wildman–Crippen LogP) is 4.39. The highest BCUT2D eigenvalue weighted by molar-refractivity contribution is 6.05. The van der Waals surface area contributed by atoms with Gasteiger partial charge in [0, 0.05) is 29.4 Å². The van der Waals surface area contributed by atoms with E-state index in [4.69, 9.17) is 0 Å². The average Bonchev–Trinajstić information content (AvgIpc) is 2.65. The molecule has 0 aromatic heterocycles. The first-order valence-corrected chi connectivity index (χ1v) is 9.30. The Morgan fingerprint density at radius 3 is 2.48 bits per heavy atom. The number of rotatable bonds is 5. The zero-order valence-electron chi connectivity index (χ0n) is 15.8. The Morgan fingerprint density at radius 2 is 1.85 bits per heavy atom. The van der Waals surface area contributed by atoms with Crippen LogP contribution in [0.2, 0.25) is 0 Å². The fraction of sp³-hybridized carbons (Fsp3) is 0.381. The summed E-state index contributed by atoms with van der Waals surface area (Å²) in [6.07, 6.45) is 2.49. The number of amides is 1. The summed E-state index contributed by atoms with van der Waals surface area (Å²) in [5.41, 5.74) is 2.54. The van der Waals surface area contributed by atoms with Crippen LogP contribution in [0.1, 0.15) is 41.3 Å². The lowest BCUT2D eigenvalue weighted by molar-refractivity contribution is -0.385. The number of benzene rings is 2. The molecule has 3 rings (SSSR count). The van der Waals surface area contributed by atoms with E-state index in [1.807, 2.05) is 24.3 Å². The van der Waals surface area contributed by atoms with Gasteiger partial charge >= 0.3 is 0 Å². The van der Waals surface area contributed by atoms with Gasteiger partial charge in [-0.3, -0.25) is 19.8 Å². The second-order valence-corrected chi connectivity index (χ2v) is 7.32. The van der Waals surface area contributed by atoms with Crippen molar-refractivity contribution in [2.24, 2.45) is 5.92 Å². The van der Waals surface area contributed by atoms with Gasteiger partial charge in [-0.1, -0.05) is 25.1 Å². The molecule has 0 unspecified atom stereocenters. The molecule has 0 bridgehead atoms. The molecule has 27 heavy (non-hydrogen) atoms. The largest absolute Gasteiger partial charge is 0.322 e. The summed E-state index contributed by atoms with van der Waals surface area (Å²) in [6.45, 7) is 7.08. The van der Waals surface area contributed by atoms with Crippen molar-refractivity contribution in [3.63, 3.8) is 0 Å². The lowest BCUT2D eigenvalue weighted by atomic mass is 9.99. The van der Waals surface area contributed by atoms with Gasteiger partial charge in [0.25, 0.3) is 11.6 Å². The highest BCUT2D eigenvalue weighted by atomic mass is 16.6. The Hall–Kier alpha value is -2.73. The molecule has 0 radical (unpaired) electrons. The van der Waals surface area contributed by atoms with E-state index in [9.17, 15) is 14.9 Å². The third-order valence-corrected chi connectivity index (χ3v) is 5.24. The third-order valence-electron chi connectivity index (χ3n) is 5.24. The summed E-state index contributed by atoms with van der Waals surface area (Å²) in [5, 5.41) is 13.9. The van der Waals surface area contributed by atoms with Crippen LogP contribution >= 0.6 is 0 Å². The molecule has 6 nitrogen and oxygen atoms in total. The van der Waals surface area contributed by atoms with Crippen LogP contribution in [0.5, 0.6) is 0 Å². The molecule has 1 saturated heterocycles. The number of likely N-dealkylation sites (tertiary alicyclic amines) is 1. The molecule has 1 N–H and O–H groups in total. The lowest BCUT2D eigenvalue weighted by Crippen LogP contribution is -2.32. The molecule has 0 atom stereocenters. The van der Waals surface area contributed by atoms with E-state index in [0.29, 0.717) is 16.8 Å². The number of nitro benzene ring substituents is 1. The smallest absolute Gasteiger partial charge is 0.273 e.